The number of carbonyl (C=O) groups is 1. The SMILES string of the molecule is CC1NNC(=O)NC1Nc1ccc(O)cc1. The Balaban J connectivity index is 2.02. The van der Waals surface area contributed by atoms with Gasteiger partial charge in [0.05, 0.1) is 6.04 Å². The van der Waals surface area contributed by atoms with Gasteiger partial charge in [-0.2, -0.15) is 0 Å². The molecule has 1 aromatic carbocycles. The van der Waals surface area contributed by atoms with Crippen LogP contribution in [0.4, 0.5) is 10.5 Å². The van der Waals surface area contributed by atoms with Crippen LogP contribution in [0, 0.1) is 0 Å². The van der Waals surface area contributed by atoms with Crippen LogP contribution in [0.2, 0.25) is 0 Å². The Morgan fingerprint density at radius 2 is 2.00 bits per heavy atom. The Bertz CT molecular complexity index is 379. The van der Waals surface area contributed by atoms with Crippen LogP contribution >= 0.6 is 0 Å². The van der Waals surface area contributed by atoms with Crippen molar-refractivity contribution in [3.63, 3.8) is 0 Å². The van der Waals surface area contributed by atoms with E-state index in [1.165, 1.54) is 0 Å². The van der Waals surface area contributed by atoms with Gasteiger partial charge in [0, 0.05) is 5.69 Å². The minimum absolute atomic E-state index is 0.0477. The lowest BCUT2D eigenvalue weighted by atomic mass is 10.2. The first-order chi connectivity index (χ1) is 7.65. The van der Waals surface area contributed by atoms with Crippen LogP contribution in [0.5, 0.6) is 5.75 Å². The van der Waals surface area contributed by atoms with E-state index in [0.29, 0.717) is 0 Å². The zero-order chi connectivity index (χ0) is 11.5. The van der Waals surface area contributed by atoms with Gasteiger partial charge >= 0.3 is 6.03 Å². The van der Waals surface area contributed by atoms with Gasteiger partial charge in [-0.05, 0) is 31.2 Å². The number of benzene rings is 1. The Morgan fingerprint density at radius 1 is 1.31 bits per heavy atom. The van der Waals surface area contributed by atoms with Gasteiger partial charge in [-0.1, -0.05) is 0 Å². The van der Waals surface area contributed by atoms with Crippen LogP contribution < -0.4 is 21.5 Å². The molecule has 2 amide bonds. The van der Waals surface area contributed by atoms with E-state index >= 15 is 0 Å². The third-order valence-electron chi connectivity index (χ3n) is 2.39. The third-order valence-corrected chi connectivity index (χ3v) is 2.39. The normalized spacial score (nSPS) is 24.4. The average molecular weight is 222 g/mol. The molecule has 6 heteroatoms. The summed E-state index contributed by atoms with van der Waals surface area (Å²) >= 11 is 0. The zero-order valence-corrected chi connectivity index (χ0v) is 8.82. The van der Waals surface area contributed by atoms with Crippen LogP contribution in [0.1, 0.15) is 6.92 Å². The topological polar surface area (TPSA) is 85.4 Å². The van der Waals surface area contributed by atoms with E-state index in [4.69, 9.17) is 5.11 Å². The lowest BCUT2D eigenvalue weighted by Crippen LogP contribution is -2.65. The monoisotopic (exact) mass is 222 g/mol. The van der Waals surface area contributed by atoms with Crippen LogP contribution in [0.3, 0.4) is 0 Å². The molecule has 1 aromatic rings. The van der Waals surface area contributed by atoms with Crippen molar-refractivity contribution in [1.82, 2.24) is 16.2 Å². The second kappa shape index (κ2) is 4.28. The van der Waals surface area contributed by atoms with Crippen molar-refractivity contribution in [3.8, 4) is 5.75 Å². The van der Waals surface area contributed by atoms with E-state index in [-0.39, 0.29) is 24.0 Å². The zero-order valence-electron chi connectivity index (χ0n) is 8.82. The largest absolute Gasteiger partial charge is 0.508 e. The van der Waals surface area contributed by atoms with Crippen molar-refractivity contribution < 1.29 is 9.90 Å². The van der Waals surface area contributed by atoms with Crippen molar-refractivity contribution in [1.29, 1.82) is 0 Å². The molecule has 0 saturated carbocycles. The molecule has 1 saturated heterocycles. The summed E-state index contributed by atoms with van der Waals surface area (Å²) in [6, 6.07) is 6.44. The average Bonchev–Trinajstić information content (AvgIpc) is 2.27. The van der Waals surface area contributed by atoms with E-state index in [2.05, 4.69) is 21.5 Å². The molecule has 0 aliphatic carbocycles. The molecule has 1 heterocycles. The molecule has 0 aromatic heterocycles. The van der Waals surface area contributed by atoms with E-state index in [9.17, 15) is 4.79 Å². The molecule has 2 unspecified atom stereocenters. The van der Waals surface area contributed by atoms with Crippen LogP contribution in [0.25, 0.3) is 0 Å². The van der Waals surface area contributed by atoms with E-state index < -0.39 is 0 Å². The maximum Gasteiger partial charge on any atom is 0.330 e. The first-order valence-electron chi connectivity index (χ1n) is 5.03. The fourth-order valence-electron chi connectivity index (χ4n) is 1.46. The molecular weight excluding hydrogens is 208 g/mol. The maximum absolute atomic E-state index is 11.1. The van der Waals surface area contributed by atoms with Gasteiger partial charge in [-0.3, -0.25) is 5.43 Å². The Kier molecular flexibility index (Phi) is 2.82. The molecule has 5 N–H and O–H groups in total. The highest BCUT2D eigenvalue weighted by molar-refractivity contribution is 5.75. The molecule has 16 heavy (non-hydrogen) atoms. The van der Waals surface area contributed by atoms with Gasteiger partial charge in [0.1, 0.15) is 11.9 Å². The summed E-state index contributed by atoms with van der Waals surface area (Å²) in [5, 5.41) is 15.0. The Hall–Kier alpha value is -1.95. The first-order valence-corrected chi connectivity index (χ1v) is 5.03. The molecule has 0 bridgehead atoms. The number of hydrazine groups is 1. The molecule has 0 spiro atoms. The summed E-state index contributed by atoms with van der Waals surface area (Å²) in [5.41, 5.74) is 6.15. The number of anilines is 1. The van der Waals surface area contributed by atoms with Crippen LogP contribution in [-0.2, 0) is 0 Å². The molecule has 1 aliphatic heterocycles. The smallest absolute Gasteiger partial charge is 0.330 e. The van der Waals surface area contributed by atoms with E-state index in [1.54, 1.807) is 24.3 Å². The maximum atomic E-state index is 11.1. The second-order valence-electron chi connectivity index (χ2n) is 3.70. The number of nitrogens with one attached hydrogen (secondary N) is 4. The summed E-state index contributed by atoms with van der Waals surface area (Å²) in [7, 11) is 0. The highest BCUT2D eigenvalue weighted by Crippen LogP contribution is 2.15. The fourth-order valence-corrected chi connectivity index (χ4v) is 1.46. The number of rotatable bonds is 2. The van der Waals surface area contributed by atoms with Gasteiger partial charge < -0.3 is 15.7 Å². The minimum Gasteiger partial charge on any atom is -0.508 e. The van der Waals surface area contributed by atoms with Crippen molar-refractivity contribution in [2.75, 3.05) is 5.32 Å². The molecule has 0 radical (unpaired) electrons. The van der Waals surface area contributed by atoms with Crippen LogP contribution in [0.15, 0.2) is 24.3 Å². The standard InChI is InChI=1S/C10H14N4O2/c1-6-9(12-10(16)14-13-6)11-7-2-4-8(15)5-3-7/h2-6,9,11,13,15H,1H3,(H2,12,14,16). The summed E-state index contributed by atoms with van der Waals surface area (Å²) in [4.78, 5) is 11.1. The molecule has 86 valence electrons. The number of phenolic OH excluding ortho intramolecular Hbond substituents is 1. The number of urea groups is 1. The van der Waals surface area contributed by atoms with Gasteiger partial charge in [0.2, 0.25) is 0 Å². The minimum atomic E-state index is -0.269. The number of amides is 2. The summed E-state index contributed by atoms with van der Waals surface area (Å²) in [6.45, 7) is 1.94. The Labute approximate surface area is 93.0 Å². The van der Waals surface area contributed by atoms with E-state index in [1.807, 2.05) is 6.92 Å². The molecular formula is C10H14N4O2. The Morgan fingerprint density at radius 3 is 2.69 bits per heavy atom. The molecule has 1 fully saturated rings. The molecule has 2 rings (SSSR count). The van der Waals surface area contributed by atoms with Gasteiger partial charge in [-0.25, -0.2) is 10.2 Å². The number of aromatic hydroxyl groups is 1. The van der Waals surface area contributed by atoms with Crippen molar-refractivity contribution in [3.05, 3.63) is 24.3 Å². The third kappa shape index (κ3) is 2.34. The quantitative estimate of drug-likeness (QED) is 0.467. The number of phenols is 1. The fraction of sp³-hybridized carbons (Fsp3) is 0.300. The summed E-state index contributed by atoms with van der Waals surface area (Å²) < 4.78 is 0. The van der Waals surface area contributed by atoms with Gasteiger partial charge in [0.15, 0.2) is 0 Å². The molecule has 2 atom stereocenters. The van der Waals surface area contributed by atoms with Gasteiger partial charge in [-0.15, -0.1) is 0 Å². The summed E-state index contributed by atoms with van der Waals surface area (Å²) in [5.74, 6) is 0.214. The molecule has 1 aliphatic rings. The summed E-state index contributed by atoms with van der Waals surface area (Å²) in [6.07, 6.45) is -0.196. The number of hydrogen-bond acceptors (Lipinski definition) is 4. The molecule has 6 nitrogen and oxygen atoms in total. The van der Waals surface area contributed by atoms with E-state index in [0.717, 1.165) is 5.69 Å². The van der Waals surface area contributed by atoms with Crippen molar-refractivity contribution in [2.24, 2.45) is 0 Å². The predicted octanol–water partition coefficient (Wildman–Crippen LogP) is 0.336. The second-order valence-corrected chi connectivity index (χ2v) is 3.70. The first kappa shape index (κ1) is 10.6. The number of hydrogen-bond donors (Lipinski definition) is 5. The van der Waals surface area contributed by atoms with Crippen molar-refractivity contribution in [2.45, 2.75) is 19.1 Å². The highest BCUT2D eigenvalue weighted by Gasteiger charge is 2.23. The lowest BCUT2D eigenvalue weighted by molar-refractivity contribution is 0.214. The van der Waals surface area contributed by atoms with Gasteiger partial charge in [0.25, 0.3) is 0 Å². The highest BCUT2D eigenvalue weighted by atomic mass is 16.3. The number of carbonyl (C=O) groups excluding carboxylic acids is 1. The predicted molar refractivity (Wildman–Crippen MR) is 59.8 cm³/mol. The lowest BCUT2D eigenvalue weighted by Gasteiger charge is -2.32. The van der Waals surface area contributed by atoms with Crippen molar-refractivity contribution >= 4 is 11.7 Å². The van der Waals surface area contributed by atoms with Crippen LogP contribution in [-0.4, -0.2) is 23.3 Å².